The van der Waals surface area contributed by atoms with Crippen molar-refractivity contribution in [2.45, 2.75) is 50.9 Å². The van der Waals surface area contributed by atoms with Crippen LogP contribution in [0.15, 0.2) is 48.5 Å². The Labute approximate surface area is 192 Å². The highest BCUT2D eigenvalue weighted by molar-refractivity contribution is 5.99. The molecule has 1 N–H and O–H groups in total. The summed E-state index contributed by atoms with van der Waals surface area (Å²) in [5, 5.41) is 3.15. The number of amides is 1. The number of nitrogens with zero attached hydrogens (tertiary/aromatic N) is 1. The summed E-state index contributed by atoms with van der Waals surface area (Å²) in [7, 11) is 0. The molecule has 0 bridgehead atoms. The Balaban J connectivity index is 1.33. The van der Waals surface area contributed by atoms with E-state index in [-0.39, 0.29) is 5.91 Å². The van der Waals surface area contributed by atoms with E-state index in [0.717, 1.165) is 36.6 Å². The van der Waals surface area contributed by atoms with E-state index >= 15 is 0 Å². The fourth-order valence-corrected chi connectivity index (χ4v) is 4.86. The molecule has 2 saturated heterocycles. The summed E-state index contributed by atoms with van der Waals surface area (Å²) in [6.07, 6.45) is 6.45. The Morgan fingerprint density at radius 3 is 2.53 bits per heavy atom. The van der Waals surface area contributed by atoms with Gasteiger partial charge in [-0.25, -0.2) is 0 Å². The van der Waals surface area contributed by atoms with Gasteiger partial charge >= 0.3 is 0 Å². The van der Waals surface area contributed by atoms with E-state index in [1.807, 2.05) is 30.3 Å². The minimum atomic E-state index is -0.548. The van der Waals surface area contributed by atoms with Crippen LogP contribution in [-0.2, 0) is 14.9 Å². The normalized spacial score (nSPS) is 18.8. The monoisotopic (exact) mass is 436 g/mol. The van der Waals surface area contributed by atoms with Gasteiger partial charge in [-0.3, -0.25) is 4.79 Å². The Kier molecular flexibility index (Phi) is 7.82. The predicted molar refractivity (Wildman–Crippen MR) is 128 cm³/mol. The first-order valence-electron chi connectivity index (χ1n) is 12.1. The molecule has 0 atom stereocenters. The average Bonchev–Trinajstić information content (AvgIpc) is 2.84. The van der Waals surface area contributed by atoms with Gasteiger partial charge in [0.15, 0.2) is 0 Å². The number of carbonyl (C=O) groups excluding carboxylic acids is 1. The molecule has 2 heterocycles. The van der Waals surface area contributed by atoms with E-state index < -0.39 is 5.41 Å². The molecule has 0 radical (unpaired) electrons. The zero-order valence-electron chi connectivity index (χ0n) is 19.3. The second kappa shape index (κ2) is 11.0. The van der Waals surface area contributed by atoms with Crippen LogP contribution in [0.25, 0.3) is 0 Å². The van der Waals surface area contributed by atoms with Crippen molar-refractivity contribution in [3.63, 3.8) is 0 Å². The van der Waals surface area contributed by atoms with Gasteiger partial charge in [0, 0.05) is 25.4 Å². The second-order valence-electron chi connectivity index (χ2n) is 9.15. The van der Waals surface area contributed by atoms with Gasteiger partial charge in [0.2, 0.25) is 5.91 Å². The van der Waals surface area contributed by atoms with E-state index in [4.69, 9.17) is 9.47 Å². The van der Waals surface area contributed by atoms with Crippen LogP contribution >= 0.6 is 0 Å². The van der Waals surface area contributed by atoms with E-state index in [1.54, 1.807) is 0 Å². The minimum absolute atomic E-state index is 0.0431. The molecule has 0 aliphatic carbocycles. The number of anilines is 1. The van der Waals surface area contributed by atoms with Crippen LogP contribution < -0.4 is 10.1 Å². The molecule has 2 aromatic carbocycles. The molecule has 5 nitrogen and oxygen atoms in total. The van der Waals surface area contributed by atoms with Crippen LogP contribution in [0.5, 0.6) is 5.75 Å². The number of piperidine rings is 1. The molecule has 32 heavy (non-hydrogen) atoms. The Bertz CT molecular complexity index is 869. The third-order valence-electron chi connectivity index (χ3n) is 6.80. The van der Waals surface area contributed by atoms with Crippen molar-refractivity contribution in [2.75, 3.05) is 44.8 Å². The van der Waals surface area contributed by atoms with Gasteiger partial charge in [0.05, 0.1) is 12.0 Å². The number of nitrogens with one attached hydrogen (secondary N) is 1. The number of hydrogen-bond acceptors (Lipinski definition) is 4. The van der Waals surface area contributed by atoms with Gasteiger partial charge in [-0.05, 0) is 81.9 Å². The number of rotatable bonds is 8. The van der Waals surface area contributed by atoms with Gasteiger partial charge in [-0.15, -0.1) is 0 Å². The Morgan fingerprint density at radius 2 is 1.81 bits per heavy atom. The zero-order chi connectivity index (χ0) is 22.2. The Hall–Kier alpha value is -2.37. The predicted octanol–water partition coefficient (Wildman–Crippen LogP) is 4.94. The van der Waals surface area contributed by atoms with Gasteiger partial charge in [0.1, 0.15) is 5.75 Å². The molecule has 1 amide bonds. The van der Waals surface area contributed by atoms with Crippen LogP contribution in [0, 0.1) is 6.92 Å². The summed E-state index contributed by atoms with van der Waals surface area (Å²) in [6, 6.07) is 16.1. The molecule has 5 heteroatoms. The van der Waals surface area contributed by atoms with Crippen LogP contribution in [-0.4, -0.2) is 50.3 Å². The maximum absolute atomic E-state index is 13.4. The summed E-state index contributed by atoms with van der Waals surface area (Å²) in [5.41, 5.74) is 2.50. The molecule has 4 rings (SSSR count). The number of ether oxygens (including phenoxy) is 2. The van der Waals surface area contributed by atoms with E-state index in [0.29, 0.717) is 26.1 Å². The van der Waals surface area contributed by atoms with Gasteiger partial charge in [0.25, 0.3) is 0 Å². The molecule has 2 aromatic rings. The highest BCUT2D eigenvalue weighted by Crippen LogP contribution is 2.36. The third kappa shape index (κ3) is 5.70. The highest BCUT2D eigenvalue weighted by Gasteiger charge is 2.41. The lowest BCUT2D eigenvalue weighted by atomic mass is 9.73. The number of aryl methyl sites for hydroxylation is 1. The number of hydrogen-bond donors (Lipinski definition) is 1. The lowest BCUT2D eigenvalue weighted by molar-refractivity contribution is -0.125. The van der Waals surface area contributed by atoms with Gasteiger partial charge in [-0.1, -0.05) is 36.2 Å². The van der Waals surface area contributed by atoms with E-state index in [2.05, 4.69) is 35.3 Å². The molecule has 2 fully saturated rings. The molecule has 172 valence electrons. The fourth-order valence-electron chi connectivity index (χ4n) is 4.86. The van der Waals surface area contributed by atoms with Crippen molar-refractivity contribution in [3.05, 3.63) is 59.7 Å². The summed E-state index contributed by atoms with van der Waals surface area (Å²) in [4.78, 5) is 16.0. The summed E-state index contributed by atoms with van der Waals surface area (Å²) < 4.78 is 11.5. The number of benzene rings is 2. The number of likely N-dealkylation sites (tertiary alicyclic amines) is 1. The second-order valence-corrected chi connectivity index (χ2v) is 9.15. The van der Waals surface area contributed by atoms with Crippen molar-refractivity contribution in [1.82, 2.24) is 4.90 Å². The van der Waals surface area contributed by atoms with Crippen molar-refractivity contribution < 1.29 is 14.3 Å². The first-order valence-corrected chi connectivity index (χ1v) is 12.1. The van der Waals surface area contributed by atoms with Crippen molar-refractivity contribution in [2.24, 2.45) is 0 Å². The highest BCUT2D eigenvalue weighted by atomic mass is 16.5. The first-order chi connectivity index (χ1) is 15.7. The molecule has 0 aromatic heterocycles. The van der Waals surface area contributed by atoms with Crippen LogP contribution in [0.2, 0.25) is 0 Å². The molecule has 0 unspecified atom stereocenters. The summed E-state index contributed by atoms with van der Waals surface area (Å²) in [6.45, 7) is 7.56. The Morgan fingerprint density at radius 1 is 1.06 bits per heavy atom. The van der Waals surface area contributed by atoms with E-state index in [1.165, 1.54) is 37.9 Å². The summed E-state index contributed by atoms with van der Waals surface area (Å²) >= 11 is 0. The zero-order valence-corrected chi connectivity index (χ0v) is 19.3. The van der Waals surface area contributed by atoms with Gasteiger partial charge in [-0.2, -0.15) is 0 Å². The minimum Gasteiger partial charge on any atom is -0.494 e. The van der Waals surface area contributed by atoms with Crippen molar-refractivity contribution in [3.8, 4) is 5.75 Å². The van der Waals surface area contributed by atoms with Crippen LogP contribution in [0.3, 0.4) is 0 Å². The van der Waals surface area contributed by atoms with Crippen molar-refractivity contribution in [1.29, 1.82) is 0 Å². The first kappa shape index (κ1) is 22.8. The largest absolute Gasteiger partial charge is 0.494 e. The smallest absolute Gasteiger partial charge is 0.235 e. The lowest BCUT2D eigenvalue weighted by Gasteiger charge is -2.36. The quantitative estimate of drug-likeness (QED) is 0.596. The van der Waals surface area contributed by atoms with Gasteiger partial charge < -0.3 is 19.7 Å². The summed E-state index contributed by atoms with van der Waals surface area (Å²) in [5.74, 6) is 0.891. The average molecular weight is 437 g/mol. The van der Waals surface area contributed by atoms with Crippen LogP contribution in [0.1, 0.15) is 49.7 Å². The maximum Gasteiger partial charge on any atom is 0.235 e. The van der Waals surface area contributed by atoms with Crippen LogP contribution in [0.4, 0.5) is 5.69 Å². The lowest BCUT2D eigenvalue weighted by Crippen LogP contribution is -2.44. The third-order valence-corrected chi connectivity index (χ3v) is 6.80. The van der Waals surface area contributed by atoms with Crippen molar-refractivity contribution >= 4 is 11.6 Å². The molecular formula is C27H36N2O3. The maximum atomic E-state index is 13.4. The number of carbonyl (C=O) groups is 1. The molecular weight excluding hydrogens is 400 g/mol. The van der Waals surface area contributed by atoms with E-state index in [9.17, 15) is 4.79 Å². The fraction of sp³-hybridized carbons (Fsp3) is 0.519. The standard InChI is InChI=1S/C27H36N2O3/c1-22-7-5-8-23(21-22)27(13-19-31-20-14-27)26(30)28-24-9-11-25(12-10-24)32-18-6-17-29-15-3-2-4-16-29/h5,7-12,21H,2-4,6,13-20H2,1H3,(H,28,30). The molecule has 0 spiro atoms. The molecule has 2 aliphatic heterocycles. The molecule has 2 aliphatic rings. The SMILES string of the molecule is Cc1cccc(C2(C(=O)Nc3ccc(OCCCN4CCCCC4)cc3)CCOCC2)c1. The topological polar surface area (TPSA) is 50.8 Å². The molecule has 0 saturated carbocycles.